The summed E-state index contributed by atoms with van der Waals surface area (Å²) in [5, 5.41) is 7.25. The SMILES string of the molecule is CN=C(NCC(C(C)C)N1CCN(C)CC1)NCC1(CC(C)C)CCC1. The lowest BCUT2D eigenvalue weighted by molar-refractivity contribution is 0.0894. The number of piperazine rings is 1. The van der Waals surface area contributed by atoms with Gasteiger partial charge in [-0.3, -0.25) is 9.89 Å². The molecule has 1 saturated heterocycles. The molecule has 1 heterocycles. The molecule has 0 aromatic carbocycles. The Bertz CT molecular complexity index is 434. The van der Waals surface area contributed by atoms with Crippen molar-refractivity contribution in [2.45, 2.75) is 59.4 Å². The molecule has 152 valence electrons. The third kappa shape index (κ3) is 6.12. The molecule has 1 atom stereocenters. The van der Waals surface area contributed by atoms with Gasteiger partial charge in [0.05, 0.1) is 0 Å². The summed E-state index contributed by atoms with van der Waals surface area (Å²) >= 11 is 0. The van der Waals surface area contributed by atoms with E-state index < -0.39 is 0 Å². The molecule has 1 aliphatic heterocycles. The van der Waals surface area contributed by atoms with Crippen LogP contribution < -0.4 is 10.6 Å². The summed E-state index contributed by atoms with van der Waals surface area (Å²) in [6.45, 7) is 16.1. The number of likely N-dealkylation sites (N-methyl/N-ethyl adjacent to an activating group) is 1. The highest BCUT2D eigenvalue weighted by Crippen LogP contribution is 2.45. The van der Waals surface area contributed by atoms with Crippen molar-refractivity contribution < 1.29 is 0 Å². The van der Waals surface area contributed by atoms with E-state index in [1.807, 2.05) is 7.05 Å². The molecule has 5 heteroatoms. The first-order chi connectivity index (χ1) is 12.3. The monoisotopic (exact) mass is 365 g/mol. The Morgan fingerprint density at radius 3 is 2.15 bits per heavy atom. The third-order valence-corrected chi connectivity index (χ3v) is 6.36. The second kappa shape index (κ2) is 9.93. The average molecular weight is 366 g/mol. The highest BCUT2D eigenvalue weighted by molar-refractivity contribution is 5.79. The fourth-order valence-corrected chi connectivity index (χ4v) is 4.63. The molecule has 0 spiro atoms. The smallest absolute Gasteiger partial charge is 0.191 e. The maximum atomic E-state index is 4.48. The van der Waals surface area contributed by atoms with Gasteiger partial charge in [-0.15, -0.1) is 0 Å². The van der Waals surface area contributed by atoms with Gasteiger partial charge in [-0.1, -0.05) is 34.1 Å². The Kier molecular flexibility index (Phi) is 8.21. The van der Waals surface area contributed by atoms with Crippen molar-refractivity contribution in [1.29, 1.82) is 0 Å². The van der Waals surface area contributed by atoms with Crippen molar-refractivity contribution in [1.82, 2.24) is 20.4 Å². The maximum Gasteiger partial charge on any atom is 0.191 e. The van der Waals surface area contributed by atoms with E-state index in [-0.39, 0.29) is 0 Å². The summed E-state index contributed by atoms with van der Waals surface area (Å²) in [6, 6.07) is 0.565. The van der Waals surface area contributed by atoms with Gasteiger partial charge in [0.2, 0.25) is 0 Å². The highest BCUT2D eigenvalue weighted by atomic mass is 15.3. The first-order valence-electron chi connectivity index (χ1n) is 10.7. The van der Waals surface area contributed by atoms with Crippen molar-refractivity contribution in [2.24, 2.45) is 22.2 Å². The predicted octanol–water partition coefficient (Wildman–Crippen LogP) is 2.64. The minimum atomic E-state index is 0.501. The second-order valence-corrected chi connectivity index (χ2v) is 9.41. The van der Waals surface area contributed by atoms with Crippen LogP contribution in [-0.4, -0.2) is 75.2 Å². The van der Waals surface area contributed by atoms with Gasteiger partial charge in [0.15, 0.2) is 5.96 Å². The molecule has 1 unspecified atom stereocenters. The standard InChI is InChI=1S/C21H43N5/c1-17(2)14-21(8-7-9-21)16-24-20(22-5)23-15-19(18(3)4)26-12-10-25(6)11-13-26/h17-19H,7-16H2,1-6H3,(H2,22,23,24). The molecular weight excluding hydrogens is 322 g/mol. The molecule has 5 nitrogen and oxygen atoms in total. The second-order valence-electron chi connectivity index (χ2n) is 9.41. The van der Waals surface area contributed by atoms with Crippen molar-refractivity contribution in [3.05, 3.63) is 0 Å². The van der Waals surface area contributed by atoms with Crippen LogP contribution in [0.1, 0.15) is 53.4 Å². The molecular formula is C21H43N5. The number of nitrogens with one attached hydrogen (secondary N) is 2. The number of hydrogen-bond donors (Lipinski definition) is 2. The van der Waals surface area contributed by atoms with Gasteiger partial charge in [-0.25, -0.2) is 0 Å². The third-order valence-electron chi connectivity index (χ3n) is 6.36. The summed E-state index contributed by atoms with van der Waals surface area (Å²) in [4.78, 5) is 9.56. The topological polar surface area (TPSA) is 42.9 Å². The number of nitrogens with zero attached hydrogens (tertiary/aromatic N) is 3. The molecule has 2 N–H and O–H groups in total. The van der Waals surface area contributed by atoms with Crippen LogP contribution in [-0.2, 0) is 0 Å². The largest absolute Gasteiger partial charge is 0.356 e. The quantitative estimate of drug-likeness (QED) is 0.513. The fraction of sp³-hybridized carbons (Fsp3) is 0.952. The lowest BCUT2D eigenvalue weighted by Gasteiger charge is -2.44. The molecule has 26 heavy (non-hydrogen) atoms. The van der Waals surface area contributed by atoms with Crippen LogP contribution in [0.3, 0.4) is 0 Å². The van der Waals surface area contributed by atoms with Gasteiger partial charge in [-0.05, 0) is 43.6 Å². The molecule has 2 aliphatic rings. The van der Waals surface area contributed by atoms with E-state index in [0.717, 1.165) is 25.0 Å². The van der Waals surface area contributed by atoms with Gasteiger partial charge in [0.25, 0.3) is 0 Å². The van der Waals surface area contributed by atoms with Crippen LogP contribution in [0.25, 0.3) is 0 Å². The zero-order chi connectivity index (χ0) is 19.2. The minimum Gasteiger partial charge on any atom is -0.356 e. The van der Waals surface area contributed by atoms with E-state index in [0.29, 0.717) is 17.4 Å². The summed E-state index contributed by atoms with van der Waals surface area (Å²) in [5.74, 6) is 2.39. The van der Waals surface area contributed by atoms with Crippen molar-refractivity contribution >= 4 is 5.96 Å². The van der Waals surface area contributed by atoms with Gasteiger partial charge >= 0.3 is 0 Å². The van der Waals surface area contributed by atoms with Gasteiger partial charge in [0, 0.05) is 52.4 Å². The lowest BCUT2D eigenvalue weighted by Crippen LogP contribution is -2.55. The van der Waals surface area contributed by atoms with Crippen LogP contribution in [0.15, 0.2) is 4.99 Å². The Morgan fingerprint density at radius 1 is 1.04 bits per heavy atom. The number of guanidine groups is 1. The molecule has 1 aliphatic carbocycles. The molecule has 1 saturated carbocycles. The van der Waals surface area contributed by atoms with Crippen LogP contribution in [0.2, 0.25) is 0 Å². The zero-order valence-electron chi connectivity index (χ0n) is 18.1. The summed E-state index contributed by atoms with van der Waals surface area (Å²) in [5.41, 5.74) is 0.501. The minimum absolute atomic E-state index is 0.501. The van der Waals surface area contributed by atoms with E-state index in [4.69, 9.17) is 0 Å². The first kappa shape index (κ1) is 21.5. The van der Waals surface area contributed by atoms with E-state index in [1.54, 1.807) is 0 Å². The average Bonchev–Trinajstić information content (AvgIpc) is 2.56. The number of rotatable bonds is 8. The summed E-state index contributed by atoms with van der Waals surface area (Å²) in [7, 11) is 4.12. The molecule has 0 amide bonds. The van der Waals surface area contributed by atoms with Crippen LogP contribution >= 0.6 is 0 Å². The van der Waals surface area contributed by atoms with Crippen molar-refractivity contribution in [3.63, 3.8) is 0 Å². The molecule has 2 fully saturated rings. The normalized spacial score (nSPS) is 23.2. The Balaban J connectivity index is 1.82. The summed E-state index contributed by atoms with van der Waals surface area (Å²) in [6.07, 6.45) is 5.45. The maximum absolute atomic E-state index is 4.48. The first-order valence-corrected chi connectivity index (χ1v) is 10.7. The van der Waals surface area contributed by atoms with Crippen molar-refractivity contribution in [2.75, 3.05) is 53.4 Å². The Hall–Kier alpha value is -0.810. The fourth-order valence-electron chi connectivity index (χ4n) is 4.63. The van der Waals surface area contributed by atoms with E-state index in [2.05, 4.69) is 60.2 Å². The van der Waals surface area contributed by atoms with E-state index >= 15 is 0 Å². The zero-order valence-corrected chi connectivity index (χ0v) is 18.1. The Labute approximate surface area is 162 Å². The molecule has 2 rings (SSSR count). The summed E-state index contributed by atoms with van der Waals surface area (Å²) < 4.78 is 0. The van der Waals surface area contributed by atoms with E-state index in [1.165, 1.54) is 51.9 Å². The molecule has 0 bridgehead atoms. The van der Waals surface area contributed by atoms with Gasteiger partial charge in [0.1, 0.15) is 0 Å². The van der Waals surface area contributed by atoms with Crippen LogP contribution in [0, 0.1) is 17.3 Å². The number of aliphatic imine (C=N–C) groups is 1. The lowest BCUT2D eigenvalue weighted by atomic mass is 9.64. The van der Waals surface area contributed by atoms with E-state index in [9.17, 15) is 0 Å². The number of hydrogen-bond acceptors (Lipinski definition) is 3. The van der Waals surface area contributed by atoms with Gasteiger partial charge in [-0.2, -0.15) is 0 Å². The van der Waals surface area contributed by atoms with Crippen molar-refractivity contribution in [3.8, 4) is 0 Å². The molecule has 0 radical (unpaired) electrons. The predicted molar refractivity (Wildman–Crippen MR) is 113 cm³/mol. The van der Waals surface area contributed by atoms with Crippen LogP contribution in [0.5, 0.6) is 0 Å². The highest BCUT2D eigenvalue weighted by Gasteiger charge is 2.37. The Morgan fingerprint density at radius 2 is 1.69 bits per heavy atom. The molecule has 0 aromatic rings. The molecule has 0 aromatic heterocycles. The van der Waals surface area contributed by atoms with Gasteiger partial charge < -0.3 is 15.5 Å². The van der Waals surface area contributed by atoms with Crippen LogP contribution in [0.4, 0.5) is 0 Å².